The highest BCUT2D eigenvalue weighted by Crippen LogP contribution is 2.33. The van der Waals surface area contributed by atoms with Gasteiger partial charge in [0, 0.05) is 38.8 Å². The number of anilines is 2. The molecule has 0 aliphatic heterocycles. The predicted octanol–water partition coefficient (Wildman–Crippen LogP) is 6.26. The van der Waals surface area contributed by atoms with E-state index in [0.717, 1.165) is 22.0 Å². The van der Waals surface area contributed by atoms with Gasteiger partial charge in [-0.05, 0) is 42.0 Å². The molecule has 1 aromatic heterocycles. The van der Waals surface area contributed by atoms with E-state index < -0.39 is 4.92 Å². The number of benzene rings is 3. The summed E-state index contributed by atoms with van der Waals surface area (Å²) < 4.78 is 0. The Morgan fingerprint density at radius 1 is 0.929 bits per heavy atom. The molecule has 0 fully saturated rings. The minimum absolute atomic E-state index is 0.0257. The molecule has 28 heavy (non-hydrogen) atoms. The third-order valence-electron chi connectivity index (χ3n) is 4.22. The van der Waals surface area contributed by atoms with E-state index in [2.05, 4.69) is 15.3 Å². The Morgan fingerprint density at radius 2 is 1.71 bits per heavy atom. The molecule has 1 heterocycles. The van der Waals surface area contributed by atoms with E-state index in [4.69, 9.17) is 23.2 Å². The van der Waals surface area contributed by atoms with E-state index in [1.807, 2.05) is 24.3 Å². The Bertz CT molecular complexity index is 1200. The topological polar surface area (TPSA) is 81.0 Å². The van der Waals surface area contributed by atoms with Gasteiger partial charge in [-0.2, -0.15) is 0 Å². The van der Waals surface area contributed by atoms with Gasteiger partial charge in [0.05, 0.1) is 10.4 Å². The minimum Gasteiger partial charge on any atom is -0.340 e. The fourth-order valence-electron chi connectivity index (χ4n) is 2.85. The molecule has 0 bridgehead atoms. The Kier molecular flexibility index (Phi) is 4.81. The molecule has 0 amide bonds. The van der Waals surface area contributed by atoms with E-state index in [9.17, 15) is 10.1 Å². The van der Waals surface area contributed by atoms with Gasteiger partial charge in [-0.1, -0.05) is 35.3 Å². The van der Waals surface area contributed by atoms with Gasteiger partial charge >= 0.3 is 0 Å². The van der Waals surface area contributed by atoms with Gasteiger partial charge in [0.25, 0.3) is 5.69 Å². The quantitative estimate of drug-likeness (QED) is 0.317. The normalized spacial score (nSPS) is 10.8. The van der Waals surface area contributed by atoms with Crippen molar-refractivity contribution in [1.82, 2.24) is 9.97 Å². The number of hydrogen-bond acceptors (Lipinski definition) is 5. The summed E-state index contributed by atoms with van der Waals surface area (Å²) in [6, 6.07) is 17.2. The molecular weight excluding hydrogens is 399 g/mol. The van der Waals surface area contributed by atoms with E-state index in [1.165, 1.54) is 18.5 Å². The third kappa shape index (κ3) is 3.60. The first kappa shape index (κ1) is 18.2. The molecule has 1 N–H and O–H groups in total. The Labute approximate surface area is 169 Å². The molecule has 0 unspecified atom stereocenters. The molecule has 0 aliphatic carbocycles. The number of nitrogens with zero attached hydrogens (tertiary/aromatic N) is 3. The molecule has 6 nitrogen and oxygen atoms in total. The molecule has 3 aromatic carbocycles. The average Bonchev–Trinajstić information content (AvgIpc) is 2.68. The maximum atomic E-state index is 10.8. The number of aromatic nitrogens is 2. The molecule has 0 spiro atoms. The molecule has 8 heteroatoms. The van der Waals surface area contributed by atoms with Crippen LogP contribution in [0.5, 0.6) is 0 Å². The first-order chi connectivity index (χ1) is 13.5. The van der Waals surface area contributed by atoms with Crippen molar-refractivity contribution in [2.75, 3.05) is 5.32 Å². The summed E-state index contributed by atoms with van der Waals surface area (Å²) in [4.78, 5) is 19.0. The van der Waals surface area contributed by atoms with Gasteiger partial charge in [-0.15, -0.1) is 0 Å². The fourth-order valence-corrected chi connectivity index (χ4v) is 3.37. The summed E-state index contributed by atoms with van der Waals surface area (Å²) in [5, 5.41) is 15.9. The molecule has 4 aromatic rings. The highest BCUT2D eigenvalue weighted by Gasteiger charge is 2.10. The number of hydrogen-bond donors (Lipinski definition) is 1. The molecule has 4 rings (SSSR count). The zero-order chi connectivity index (χ0) is 19.7. The monoisotopic (exact) mass is 410 g/mol. The van der Waals surface area contributed by atoms with Gasteiger partial charge in [0.1, 0.15) is 12.1 Å². The maximum Gasteiger partial charge on any atom is 0.269 e. The predicted molar refractivity (Wildman–Crippen MR) is 111 cm³/mol. The second kappa shape index (κ2) is 7.42. The number of nitro groups is 1. The van der Waals surface area contributed by atoms with Gasteiger partial charge in [-0.3, -0.25) is 10.1 Å². The Morgan fingerprint density at radius 3 is 2.43 bits per heavy atom. The van der Waals surface area contributed by atoms with Crippen LogP contribution in [-0.4, -0.2) is 14.9 Å². The second-order valence-electron chi connectivity index (χ2n) is 6.01. The van der Waals surface area contributed by atoms with Crippen LogP contribution in [0.1, 0.15) is 0 Å². The van der Waals surface area contributed by atoms with Crippen LogP contribution in [0.2, 0.25) is 10.0 Å². The van der Waals surface area contributed by atoms with Crippen LogP contribution >= 0.6 is 23.2 Å². The highest BCUT2D eigenvalue weighted by atomic mass is 35.5. The SMILES string of the molecule is O=[N+]([O-])c1ccc(Nc2ncnc3ccc(-c4ccc(Cl)cc4Cl)cc23)cc1. The number of non-ortho nitro benzene ring substituents is 1. The molecule has 0 saturated carbocycles. The van der Waals surface area contributed by atoms with Crippen LogP contribution < -0.4 is 5.32 Å². The lowest BCUT2D eigenvalue weighted by Crippen LogP contribution is -1.97. The maximum absolute atomic E-state index is 10.8. The largest absolute Gasteiger partial charge is 0.340 e. The first-order valence-corrected chi connectivity index (χ1v) is 8.98. The van der Waals surface area contributed by atoms with Crippen LogP contribution in [0.4, 0.5) is 17.2 Å². The number of nitrogens with one attached hydrogen (secondary N) is 1. The highest BCUT2D eigenvalue weighted by molar-refractivity contribution is 6.36. The van der Waals surface area contributed by atoms with Crippen LogP contribution in [0, 0.1) is 10.1 Å². The van der Waals surface area contributed by atoms with Crippen LogP contribution in [0.25, 0.3) is 22.0 Å². The van der Waals surface area contributed by atoms with Crippen LogP contribution in [-0.2, 0) is 0 Å². The van der Waals surface area contributed by atoms with E-state index in [0.29, 0.717) is 21.6 Å². The lowest BCUT2D eigenvalue weighted by Gasteiger charge is -2.11. The molecule has 0 saturated heterocycles. The van der Waals surface area contributed by atoms with Gasteiger partial charge < -0.3 is 5.32 Å². The van der Waals surface area contributed by atoms with Crippen molar-refractivity contribution in [2.24, 2.45) is 0 Å². The van der Waals surface area contributed by atoms with Gasteiger partial charge in [0.15, 0.2) is 0 Å². The number of rotatable bonds is 4. The summed E-state index contributed by atoms with van der Waals surface area (Å²) in [5.74, 6) is 0.589. The van der Waals surface area contributed by atoms with Crippen molar-refractivity contribution >= 4 is 51.3 Å². The number of fused-ring (bicyclic) bond motifs is 1. The van der Waals surface area contributed by atoms with Crippen molar-refractivity contribution < 1.29 is 4.92 Å². The second-order valence-corrected chi connectivity index (χ2v) is 6.85. The summed E-state index contributed by atoms with van der Waals surface area (Å²) >= 11 is 12.3. The zero-order valence-corrected chi connectivity index (χ0v) is 15.8. The van der Waals surface area contributed by atoms with Crippen molar-refractivity contribution in [2.45, 2.75) is 0 Å². The fraction of sp³-hybridized carbons (Fsp3) is 0. The summed E-state index contributed by atoms with van der Waals surface area (Å²) in [7, 11) is 0. The molecule has 0 aliphatic rings. The standard InChI is InChI=1S/C20H12Cl2N4O2/c21-13-2-7-16(18(22)10-13)12-1-8-19-17(9-12)20(24-11-23-19)25-14-3-5-15(6-4-14)26(27)28/h1-11H,(H,23,24,25). The van der Waals surface area contributed by atoms with Crippen LogP contribution in [0.15, 0.2) is 67.0 Å². The third-order valence-corrected chi connectivity index (χ3v) is 4.77. The minimum atomic E-state index is -0.438. The summed E-state index contributed by atoms with van der Waals surface area (Å²) in [6.07, 6.45) is 1.46. The smallest absolute Gasteiger partial charge is 0.269 e. The first-order valence-electron chi connectivity index (χ1n) is 8.23. The van der Waals surface area contributed by atoms with E-state index in [1.54, 1.807) is 24.3 Å². The lowest BCUT2D eigenvalue weighted by atomic mass is 10.0. The Hall–Kier alpha value is -3.22. The number of nitro benzene ring substituents is 1. The summed E-state index contributed by atoms with van der Waals surface area (Å²) in [5.41, 5.74) is 3.21. The molecule has 0 atom stereocenters. The zero-order valence-electron chi connectivity index (χ0n) is 14.3. The number of halogens is 2. The van der Waals surface area contributed by atoms with Crippen molar-refractivity contribution in [3.05, 3.63) is 87.2 Å². The molecule has 0 radical (unpaired) electrons. The van der Waals surface area contributed by atoms with Crippen molar-refractivity contribution in [3.63, 3.8) is 0 Å². The molecular formula is C20H12Cl2N4O2. The van der Waals surface area contributed by atoms with Gasteiger partial charge in [0.2, 0.25) is 0 Å². The summed E-state index contributed by atoms with van der Waals surface area (Å²) in [6.45, 7) is 0. The molecule has 138 valence electrons. The van der Waals surface area contributed by atoms with E-state index >= 15 is 0 Å². The lowest BCUT2D eigenvalue weighted by molar-refractivity contribution is -0.384. The van der Waals surface area contributed by atoms with Gasteiger partial charge in [-0.25, -0.2) is 9.97 Å². The van der Waals surface area contributed by atoms with Crippen LogP contribution in [0.3, 0.4) is 0 Å². The average molecular weight is 411 g/mol. The van der Waals surface area contributed by atoms with Crippen molar-refractivity contribution in [3.8, 4) is 11.1 Å². The van der Waals surface area contributed by atoms with Crippen molar-refractivity contribution in [1.29, 1.82) is 0 Å². The Balaban J connectivity index is 1.75. The van der Waals surface area contributed by atoms with E-state index in [-0.39, 0.29) is 5.69 Å².